The monoisotopic (exact) mass is 492 g/mol. The van der Waals surface area contributed by atoms with Gasteiger partial charge in [-0.2, -0.15) is 0 Å². The first-order valence-corrected chi connectivity index (χ1v) is 12.8. The Labute approximate surface area is 218 Å². The van der Waals surface area contributed by atoms with Crippen molar-refractivity contribution in [2.75, 3.05) is 26.2 Å². The van der Waals surface area contributed by atoms with Crippen molar-refractivity contribution in [2.45, 2.75) is 19.5 Å². The summed E-state index contributed by atoms with van der Waals surface area (Å²) in [6, 6.07) is 34.2. The molecule has 0 aromatic heterocycles. The topological polar surface area (TPSA) is 53.0 Å². The second-order valence-corrected chi connectivity index (χ2v) is 9.54. The van der Waals surface area contributed by atoms with Crippen molar-refractivity contribution in [1.82, 2.24) is 9.80 Å². The summed E-state index contributed by atoms with van der Waals surface area (Å²) >= 11 is 0. The fourth-order valence-corrected chi connectivity index (χ4v) is 4.75. The van der Waals surface area contributed by atoms with Gasteiger partial charge in [0.05, 0.1) is 5.56 Å². The molecule has 37 heavy (non-hydrogen) atoms. The van der Waals surface area contributed by atoms with Crippen molar-refractivity contribution < 1.29 is 14.6 Å². The van der Waals surface area contributed by atoms with Crippen LogP contribution in [-0.2, 0) is 13.1 Å². The first-order chi connectivity index (χ1) is 18.1. The predicted octanol–water partition coefficient (Wildman–Crippen LogP) is 6.55. The van der Waals surface area contributed by atoms with Gasteiger partial charge in [0.2, 0.25) is 0 Å². The van der Waals surface area contributed by atoms with Crippen LogP contribution >= 0.6 is 0 Å². The maximum Gasteiger partial charge on any atom is 0.335 e. The third-order valence-corrected chi connectivity index (χ3v) is 6.81. The molecule has 5 nitrogen and oxygen atoms in total. The van der Waals surface area contributed by atoms with Crippen LogP contribution in [0.25, 0.3) is 11.1 Å². The molecular weight excluding hydrogens is 460 g/mol. The Bertz CT molecular complexity index is 1290. The number of carbonyl (C=O) groups is 1. The summed E-state index contributed by atoms with van der Waals surface area (Å²) < 4.78 is 6.07. The van der Waals surface area contributed by atoms with Gasteiger partial charge in [-0.3, -0.25) is 9.80 Å². The summed E-state index contributed by atoms with van der Waals surface area (Å²) in [7, 11) is 0. The van der Waals surface area contributed by atoms with E-state index in [0.29, 0.717) is 5.56 Å². The molecule has 4 aromatic carbocycles. The van der Waals surface area contributed by atoms with Crippen molar-refractivity contribution in [3.8, 4) is 22.6 Å². The molecule has 0 atom stereocenters. The molecular formula is C32H32N2O3. The summed E-state index contributed by atoms with van der Waals surface area (Å²) in [6.07, 6.45) is 1.12. The van der Waals surface area contributed by atoms with E-state index in [0.717, 1.165) is 62.8 Å². The van der Waals surface area contributed by atoms with Crippen LogP contribution in [0.2, 0.25) is 0 Å². The molecule has 0 unspecified atom stereocenters. The average Bonchev–Trinajstić information content (AvgIpc) is 3.16. The number of ether oxygens (including phenoxy) is 1. The zero-order chi connectivity index (χ0) is 25.5. The van der Waals surface area contributed by atoms with Crippen molar-refractivity contribution in [3.05, 3.63) is 120 Å². The molecule has 0 spiro atoms. The van der Waals surface area contributed by atoms with Gasteiger partial charge in [0.25, 0.3) is 0 Å². The lowest BCUT2D eigenvalue weighted by Gasteiger charge is -2.22. The largest absolute Gasteiger partial charge is 0.478 e. The SMILES string of the molecule is O=C(O)c1ccc(CN2CCCN(Cc3ccc(Oc4ccc(-c5ccccc5)cc4)cc3)CC2)cc1. The molecule has 0 amide bonds. The fourth-order valence-electron chi connectivity index (χ4n) is 4.75. The molecule has 1 N–H and O–H groups in total. The molecule has 0 bridgehead atoms. The molecule has 1 fully saturated rings. The quantitative estimate of drug-likeness (QED) is 0.302. The summed E-state index contributed by atoms with van der Waals surface area (Å²) in [5.74, 6) is 0.791. The number of nitrogens with zero attached hydrogens (tertiary/aromatic N) is 2. The molecule has 1 saturated heterocycles. The van der Waals surface area contributed by atoms with E-state index in [9.17, 15) is 4.79 Å². The molecule has 1 aliphatic rings. The van der Waals surface area contributed by atoms with Gasteiger partial charge in [-0.05, 0) is 78.2 Å². The second kappa shape index (κ2) is 11.9. The molecule has 0 radical (unpaired) electrons. The first-order valence-electron chi connectivity index (χ1n) is 12.8. The Morgan fingerprint density at radius 2 is 1.11 bits per heavy atom. The Morgan fingerprint density at radius 3 is 1.65 bits per heavy atom. The van der Waals surface area contributed by atoms with Crippen LogP contribution in [0.4, 0.5) is 0 Å². The molecule has 0 aliphatic carbocycles. The van der Waals surface area contributed by atoms with E-state index in [4.69, 9.17) is 9.84 Å². The van der Waals surface area contributed by atoms with Crippen LogP contribution in [0.3, 0.4) is 0 Å². The van der Waals surface area contributed by atoms with Gasteiger partial charge in [-0.1, -0.05) is 66.7 Å². The van der Waals surface area contributed by atoms with Gasteiger partial charge >= 0.3 is 5.97 Å². The molecule has 5 rings (SSSR count). The molecule has 0 saturated carbocycles. The number of benzene rings is 4. The van der Waals surface area contributed by atoms with Crippen LogP contribution in [0.5, 0.6) is 11.5 Å². The van der Waals surface area contributed by atoms with E-state index >= 15 is 0 Å². The predicted molar refractivity (Wildman–Crippen MR) is 147 cm³/mol. The Morgan fingerprint density at radius 1 is 0.622 bits per heavy atom. The molecule has 1 aliphatic heterocycles. The maximum absolute atomic E-state index is 11.1. The standard InChI is InChI=1S/C32H32N2O3/c35-32(36)29-11-7-25(8-12-29)23-33-19-4-20-34(22-21-33)24-26-9-15-30(16-10-26)37-31-17-13-28(14-18-31)27-5-2-1-3-6-27/h1-3,5-18H,4,19-24H2,(H,35,36). The Kier molecular flexibility index (Phi) is 7.94. The van der Waals surface area contributed by atoms with Crippen LogP contribution in [-0.4, -0.2) is 47.1 Å². The van der Waals surface area contributed by atoms with E-state index in [2.05, 4.69) is 46.2 Å². The normalized spacial score (nSPS) is 14.7. The highest BCUT2D eigenvalue weighted by Crippen LogP contribution is 2.26. The lowest BCUT2D eigenvalue weighted by molar-refractivity contribution is 0.0697. The van der Waals surface area contributed by atoms with Gasteiger partial charge in [0.1, 0.15) is 11.5 Å². The van der Waals surface area contributed by atoms with E-state index in [1.807, 2.05) is 54.6 Å². The van der Waals surface area contributed by atoms with Crippen molar-refractivity contribution in [2.24, 2.45) is 0 Å². The van der Waals surface area contributed by atoms with Gasteiger partial charge < -0.3 is 9.84 Å². The lowest BCUT2D eigenvalue weighted by Crippen LogP contribution is -2.30. The van der Waals surface area contributed by atoms with Crippen molar-refractivity contribution in [3.63, 3.8) is 0 Å². The van der Waals surface area contributed by atoms with E-state index in [-0.39, 0.29) is 0 Å². The number of rotatable bonds is 8. The average molecular weight is 493 g/mol. The second-order valence-electron chi connectivity index (χ2n) is 9.54. The van der Waals surface area contributed by atoms with Crippen LogP contribution in [0.1, 0.15) is 27.9 Å². The van der Waals surface area contributed by atoms with E-state index in [1.165, 1.54) is 16.7 Å². The summed E-state index contributed by atoms with van der Waals surface area (Å²) in [5, 5.41) is 9.09. The number of hydrogen-bond donors (Lipinski definition) is 1. The van der Waals surface area contributed by atoms with Crippen molar-refractivity contribution >= 4 is 5.97 Å². The van der Waals surface area contributed by atoms with Gasteiger partial charge in [-0.25, -0.2) is 4.79 Å². The number of carboxylic acids is 1. The van der Waals surface area contributed by atoms with Gasteiger partial charge in [0.15, 0.2) is 0 Å². The first kappa shape index (κ1) is 24.8. The minimum Gasteiger partial charge on any atom is -0.478 e. The number of aromatic carboxylic acids is 1. The van der Waals surface area contributed by atoms with Gasteiger partial charge in [0, 0.05) is 26.2 Å². The van der Waals surface area contributed by atoms with E-state index in [1.54, 1.807) is 12.1 Å². The lowest BCUT2D eigenvalue weighted by atomic mass is 10.1. The number of carboxylic acid groups (broad SMARTS) is 1. The third kappa shape index (κ3) is 6.85. The molecule has 1 heterocycles. The summed E-state index contributed by atoms with van der Waals surface area (Å²) in [6.45, 7) is 5.91. The zero-order valence-corrected chi connectivity index (χ0v) is 20.9. The minimum absolute atomic E-state index is 0.336. The van der Waals surface area contributed by atoms with Crippen LogP contribution in [0.15, 0.2) is 103 Å². The molecule has 188 valence electrons. The molecule has 4 aromatic rings. The van der Waals surface area contributed by atoms with Crippen molar-refractivity contribution in [1.29, 1.82) is 0 Å². The highest BCUT2D eigenvalue weighted by atomic mass is 16.5. The minimum atomic E-state index is -0.881. The Hall–Kier alpha value is -3.93. The van der Waals surface area contributed by atoms with Crippen LogP contribution < -0.4 is 4.74 Å². The molecule has 5 heteroatoms. The smallest absolute Gasteiger partial charge is 0.335 e. The van der Waals surface area contributed by atoms with E-state index < -0.39 is 5.97 Å². The maximum atomic E-state index is 11.1. The Balaban J connectivity index is 1.11. The highest BCUT2D eigenvalue weighted by Gasteiger charge is 2.16. The zero-order valence-electron chi connectivity index (χ0n) is 20.9. The summed E-state index contributed by atoms with van der Waals surface area (Å²) in [4.78, 5) is 16.0. The third-order valence-electron chi connectivity index (χ3n) is 6.81. The number of hydrogen-bond acceptors (Lipinski definition) is 4. The highest BCUT2D eigenvalue weighted by molar-refractivity contribution is 5.87. The van der Waals surface area contributed by atoms with Gasteiger partial charge in [-0.15, -0.1) is 0 Å². The fraction of sp³-hybridized carbons (Fsp3) is 0.219. The summed E-state index contributed by atoms with van der Waals surface area (Å²) in [5.41, 5.74) is 5.15. The van der Waals surface area contributed by atoms with Crippen LogP contribution in [0, 0.1) is 0 Å².